The van der Waals surface area contributed by atoms with Gasteiger partial charge in [0.1, 0.15) is 0 Å². The van der Waals surface area contributed by atoms with Gasteiger partial charge in [-0.2, -0.15) is 13.2 Å². The molecule has 0 fully saturated rings. The fourth-order valence-electron chi connectivity index (χ4n) is 2.51. The first-order chi connectivity index (χ1) is 9.84. The second kappa shape index (κ2) is 5.48. The van der Waals surface area contributed by atoms with Crippen molar-refractivity contribution in [3.8, 4) is 0 Å². The number of rotatable bonds is 2. The number of aryl methyl sites for hydroxylation is 1. The van der Waals surface area contributed by atoms with Gasteiger partial charge in [0.2, 0.25) is 0 Å². The number of thiophene rings is 1. The smallest absolute Gasteiger partial charge is 0.378 e. The molecule has 0 saturated carbocycles. The van der Waals surface area contributed by atoms with Crippen LogP contribution in [0.5, 0.6) is 0 Å². The summed E-state index contributed by atoms with van der Waals surface area (Å²) in [4.78, 5) is 1.21. The molecule has 0 saturated heterocycles. The molecule has 1 aromatic carbocycles. The van der Waals surface area contributed by atoms with E-state index in [2.05, 4.69) is 21.2 Å². The van der Waals surface area contributed by atoms with Crippen LogP contribution >= 0.6 is 38.9 Å². The third kappa shape index (κ3) is 3.07. The highest BCUT2D eigenvalue weighted by atomic mass is 79.9. The lowest BCUT2D eigenvalue weighted by Crippen LogP contribution is -2.10. The second-order valence-corrected chi connectivity index (χ2v) is 7.48. The molecule has 112 valence electrons. The molecule has 1 heterocycles. The maximum absolute atomic E-state index is 12.9. The molecule has 1 aliphatic rings. The van der Waals surface area contributed by atoms with Crippen LogP contribution in [0, 0.1) is 0 Å². The highest BCUT2D eigenvalue weighted by molar-refractivity contribution is 9.10. The SMILES string of the molecule is FC(F)(F)c1cc(NC2CCc3sc(Cl)cc32)ccc1Br. The second-order valence-electron chi connectivity index (χ2n) is 4.86. The molecule has 0 spiro atoms. The molecule has 1 nitrogen and oxygen atoms in total. The topological polar surface area (TPSA) is 12.0 Å². The largest absolute Gasteiger partial charge is 0.417 e. The third-order valence-electron chi connectivity index (χ3n) is 3.46. The molecule has 0 amide bonds. The summed E-state index contributed by atoms with van der Waals surface area (Å²) in [6.45, 7) is 0. The lowest BCUT2D eigenvalue weighted by molar-refractivity contribution is -0.138. The van der Waals surface area contributed by atoms with E-state index in [1.165, 1.54) is 22.3 Å². The average Bonchev–Trinajstić information content (AvgIpc) is 2.91. The molecule has 0 radical (unpaired) electrons. The molecule has 21 heavy (non-hydrogen) atoms. The number of halogens is 5. The molecule has 1 atom stereocenters. The zero-order valence-electron chi connectivity index (χ0n) is 10.6. The van der Waals surface area contributed by atoms with E-state index < -0.39 is 11.7 Å². The minimum absolute atomic E-state index is 0.0195. The lowest BCUT2D eigenvalue weighted by Gasteiger charge is -2.17. The third-order valence-corrected chi connectivity index (χ3v) is 5.49. The zero-order valence-corrected chi connectivity index (χ0v) is 13.8. The van der Waals surface area contributed by atoms with Crippen LogP contribution in [0.3, 0.4) is 0 Å². The fourth-order valence-corrected chi connectivity index (χ4v) is 4.34. The highest BCUT2D eigenvalue weighted by Crippen LogP contribution is 2.42. The number of alkyl halides is 3. The maximum atomic E-state index is 12.9. The van der Waals surface area contributed by atoms with Crippen molar-refractivity contribution in [3.63, 3.8) is 0 Å². The lowest BCUT2D eigenvalue weighted by atomic mass is 10.1. The maximum Gasteiger partial charge on any atom is 0.417 e. The molecule has 0 bridgehead atoms. The first-order valence-corrected chi connectivity index (χ1v) is 8.25. The van der Waals surface area contributed by atoms with Crippen molar-refractivity contribution in [1.29, 1.82) is 0 Å². The van der Waals surface area contributed by atoms with Crippen LogP contribution < -0.4 is 5.32 Å². The summed E-state index contributed by atoms with van der Waals surface area (Å²) in [5.41, 5.74) is 0.890. The van der Waals surface area contributed by atoms with E-state index in [9.17, 15) is 13.2 Å². The molecule has 1 unspecified atom stereocenters. The summed E-state index contributed by atoms with van der Waals surface area (Å²) in [7, 11) is 0. The van der Waals surface area contributed by atoms with Crippen molar-refractivity contribution in [3.05, 3.63) is 49.1 Å². The van der Waals surface area contributed by atoms with Gasteiger partial charge >= 0.3 is 6.18 Å². The van der Waals surface area contributed by atoms with Crippen molar-refractivity contribution >= 4 is 44.6 Å². The quantitative estimate of drug-likeness (QED) is 0.629. The van der Waals surface area contributed by atoms with Crippen molar-refractivity contribution in [2.45, 2.75) is 25.1 Å². The normalized spacial score (nSPS) is 17.9. The summed E-state index contributed by atoms with van der Waals surface area (Å²) in [6.07, 6.45) is -2.59. The van der Waals surface area contributed by atoms with Crippen LogP contribution in [0.2, 0.25) is 4.34 Å². The van der Waals surface area contributed by atoms with Crippen LogP contribution in [-0.2, 0) is 12.6 Å². The Bertz CT molecular complexity index is 683. The van der Waals surface area contributed by atoms with E-state index >= 15 is 0 Å². The minimum atomic E-state index is -4.37. The Kier molecular flexibility index (Phi) is 3.96. The molecular weight excluding hydrogens is 387 g/mol. The van der Waals surface area contributed by atoms with Gasteiger partial charge in [-0.1, -0.05) is 27.5 Å². The molecule has 7 heteroatoms. The van der Waals surface area contributed by atoms with E-state index in [1.54, 1.807) is 6.07 Å². The summed E-state index contributed by atoms with van der Waals surface area (Å²) in [6, 6.07) is 6.12. The van der Waals surface area contributed by atoms with Gasteiger partial charge in [0.15, 0.2) is 0 Å². The number of benzene rings is 1. The zero-order chi connectivity index (χ0) is 15.2. The van der Waals surface area contributed by atoms with Crippen molar-refractivity contribution in [1.82, 2.24) is 0 Å². The Labute approximate surface area is 137 Å². The minimum Gasteiger partial charge on any atom is -0.378 e. The number of anilines is 1. The van der Waals surface area contributed by atoms with E-state index in [-0.39, 0.29) is 10.5 Å². The fraction of sp³-hybridized carbons (Fsp3) is 0.286. The van der Waals surface area contributed by atoms with Crippen LogP contribution in [-0.4, -0.2) is 0 Å². The molecule has 1 N–H and O–H groups in total. The first-order valence-electron chi connectivity index (χ1n) is 6.26. The predicted octanol–water partition coefficient (Wildman–Crippen LogP) is 6.28. The van der Waals surface area contributed by atoms with Gasteiger partial charge in [0.25, 0.3) is 0 Å². The number of fused-ring (bicyclic) bond motifs is 1. The van der Waals surface area contributed by atoms with E-state index in [4.69, 9.17) is 11.6 Å². The predicted molar refractivity (Wildman–Crippen MR) is 83.2 cm³/mol. The number of nitrogens with one attached hydrogen (secondary N) is 1. The van der Waals surface area contributed by atoms with E-state index in [0.717, 1.165) is 28.8 Å². The first kappa shape index (κ1) is 15.2. The molecule has 1 aliphatic carbocycles. The van der Waals surface area contributed by atoms with Gasteiger partial charge in [-0.15, -0.1) is 11.3 Å². The summed E-state index contributed by atoms with van der Waals surface area (Å²) < 4.78 is 39.5. The van der Waals surface area contributed by atoms with Gasteiger partial charge in [-0.3, -0.25) is 0 Å². The van der Waals surface area contributed by atoms with Gasteiger partial charge in [-0.05, 0) is 42.7 Å². The van der Waals surface area contributed by atoms with Gasteiger partial charge in [0, 0.05) is 15.0 Å². The molecular formula is C14H10BrClF3NS. The summed E-state index contributed by atoms with van der Waals surface area (Å²) in [5, 5.41) is 3.18. The van der Waals surface area contributed by atoms with Crippen molar-refractivity contribution in [2.75, 3.05) is 5.32 Å². The number of hydrogen-bond acceptors (Lipinski definition) is 2. The van der Waals surface area contributed by atoms with Gasteiger partial charge < -0.3 is 5.32 Å². The molecule has 2 aromatic rings. The van der Waals surface area contributed by atoms with Crippen LogP contribution in [0.4, 0.5) is 18.9 Å². The van der Waals surface area contributed by atoms with Gasteiger partial charge in [-0.25, -0.2) is 0 Å². The van der Waals surface area contributed by atoms with Crippen molar-refractivity contribution in [2.24, 2.45) is 0 Å². The average molecular weight is 397 g/mol. The van der Waals surface area contributed by atoms with E-state index in [1.807, 2.05) is 6.07 Å². The Morgan fingerprint density at radius 1 is 1.29 bits per heavy atom. The summed E-state index contributed by atoms with van der Waals surface area (Å²) in [5.74, 6) is 0. The van der Waals surface area contributed by atoms with Crippen LogP contribution in [0.25, 0.3) is 0 Å². The monoisotopic (exact) mass is 395 g/mol. The van der Waals surface area contributed by atoms with Crippen LogP contribution in [0.15, 0.2) is 28.7 Å². The Morgan fingerprint density at radius 2 is 2.05 bits per heavy atom. The standard InChI is InChI=1S/C14H10BrClF3NS/c15-10-2-1-7(5-9(10)14(17,18)19)20-11-3-4-12-8(11)6-13(16)21-12/h1-2,5-6,11,20H,3-4H2. The Hall–Kier alpha value is -0.720. The molecule has 1 aromatic heterocycles. The van der Waals surface area contributed by atoms with Crippen LogP contribution in [0.1, 0.15) is 28.5 Å². The highest BCUT2D eigenvalue weighted by Gasteiger charge is 2.33. The van der Waals surface area contributed by atoms with Gasteiger partial charge in [0.05, 0.1) is 15.9 Å². The number of hydrogen-bond donors (Lipinski definition) is 1. The van der Waals surface area contributed by atoms with Crippen molar-refractivity contribution < 1.29 is 13.2 Å². The summed E-state index contributed by atoms with van der Waals surface area (Å²) >= 11 is 10.5. The molecule has 3 rings (SSSR count). The Morgan fingerprint density at radius 3 is 2.76 bits per heavy atom. The Balaban J connectivity index is 1.86. The molecule has 0 aliphatic heterocycles. The van der Waals surface area contributed by atoms with E-state index in [0.29, 0.717) is 5.69 Å².